The first-order chi connectivity index (χ1) is 11.5. The summed E-state index contributed by atoms with van der Waals surface area (Å²) < 4.78 is 4.71. The summed E-state index contributed by atoms with van der Waals surface area (Å²) in [6.45, 7) is 2.01. The van der Waals surface area contributed by atoms with Crippen LogP contribution in [0.4, 0.5) is 5.69 Å². The number of benzene rings is 2. The predicted octanol–water partition coefficient (Wildman–Crippen LogP) is 3.42. The van der Waals surface area contributed by atoms with E-state index in [1.807, 2.05) is 31.2 Å². The minimum Gasteiger partial charge on any atom is -0.465 e. The highest BCUT2D eigenvalue weighted by molar-refractivity contribution is 6.31. The van der Waals surface area contributed by atoms with Crippen LogP contribution in [0.2, 0.25) is 5.02 Å². The number of carbonyl (C=O) groups excluding carboxylic acids is 2. The molecule has 5 nitrogen and oxygen atoms in total. The smallest absolute Gasteiger partial charge is 0.339 e. The highest BCUT2D eigenvalue weighted by atomic mass is 35.5. The summed E-state index contributed by atoms with van der Waals surface area (Å²) in [7, 11) is 1.30. The van der Waals surface area contributed by atoms with Gasteiger partial charge >= 0.3 is 5.97 Å². The number of amides is 1. The molecule has 0 unspecified atom stereocenters. The maximum Gasteiger partial charge on any atom is 0.339 e. The fourth-order valence-electron chi connectivity index (χ4n) is 2.26. The maximum absolute atomic E-state index is 12.1. The molecule has 6 heteroatoms. The zero-order valence-corrected chi connectivity index (χ0v) is 14.3. The van der Waals surface area contributed by atoms with Crippen LogP contribution in [-0.4, -0.2) is 25.5 Å². The lowest BCUT2D eigenvalue weighted by Gasteiger charge is -2.16. The second-order valence-corrected chi connectivity index (χ2v) is 5.62. The lowest BCUT2D eigenvalue weighted by molar-refractivity contribution is -0.115. The highest BCUT2D eigenvalue weighted by Gasteiger charge is 2.14. The molecule has 2 aromatic rings. The number of carbonyl (C=O) groups is 2. The Labute approximate surface area is 146 Å². The molecule has 0 radical (unpaired) electrons. The largest absolute Gasteiger partial charge is 0.465 e. The summed E-state index contributed by atoms with van der Waals surface area (Å²) in [6, 6.07) is 14.1. The Morgan fingerprint density at radius 2 is 1.79 bits per heavy atom. The van der Waals surface area contributed by atoms with Crippen LogP contribution < -0.4 is 10.6 Å². The molecular weight excluding hydrogens is 328 g/mol. The van der Waals surface area contributed by atoms with Crippen molar-refractivity contribution < 1.29 is 14.3 Å². The van der Waals surface area contributed by atoms with Crippen molar-refractivity contribution in [3.05, 3.63) is 64.7 Å². The lowest BCUT2D eigenvalue weighted by atomic mass is 10.1. The van der Waals surface area contributed by atoms with Crippen molar-refractivity contribution in [3.8, 4) is 0 Å². The Morgan fingerprint density at radius 3 is 2.50 bits per heavy atom. The molecule has 0 aliphatic carbocycles. The predicted molar refractivity (Wildman–Crippen MR) is 94.3 cm³/mol. The molecule has 1 amide bonds. The van der Waals surface area contributed by atoms with Crippen molar-refractivity contribution >= 4 is 29.2 Å². The van der Waals surface area contributed by atoms with Crippen molar-refractivity contribution in [2.75, 3.05) is 19.0 Å². The van der Waals surface area contributed by atoms with Crippen LogP contribution in [0.15, 0.2) is 48.5 Å². The van der Waals surface area contributed by atoms with Crippen molar-refractivity contribution in [1.82, 2.24) is 5.32 Å². The zero-order valence-electron chi connectivity index (χ0n) is 13.5. The normalized spacial score (nSPS) is 11.6. The van der Waals surface area contributed by atoms with Crippen molar-refractivity contribution in [1.29, 1.82) is 0 Å². The SMILES string of the molecule is COC(=O)c1ccccc1NC(=O)CN[C@@H](C)c1ccccc1Cl. The fraction of sp³-hybridized carbons (Fsp3) is 0.222. The molecule has 2 aromatic carbocycles. The van der Waals surface area contributed by atoms with E-state index in [9.17, 15) is 9.59 Å². The second kappa shape index (κ2) is 8.47. The van der Waals surface area contributed by atoms with Gasteiger partial charge in [-0.3, -0.25) is 4.79 Å². The number of halogens is 1. The molecule has 0 saturated heterocycles. The Balaban J connectivity index is 1.97. The molecule has 0 saturated carbocycles. The summed E-state index contributed by atoms with van der Waals surface area (Å²) in [5, 5.41) is 6.47. The van der Waals surface area contributed by atoms with E-state index < -0.39 is 5.97 Å². The molecule has 0 aliphatic rings. The average molecular weight is 347 g/mol. The Morgan fingerprint density at radius 1 is 1.12 bits per heavy atom. The third-order valence-electron chi connectivity index (χ3n) is 3.55. The molecule has 0 aromatic heterocycles. The molecule has 126 valence electrons. The van der Waals surface area contributed by atoms with E-state index in [0.29, 0.717) is 16.3 Å². The van der Waals surface area contributed by atoms with Gasteiger partial charge in [-0.2, -0.15) is 0 Å². The fourth-order valence-corrected chi connectivity index (χ4v) is 2.56. The van der Waals surface area contributed by atoms with Gasteiger partial charge in [-0.15, -0.1) is 0 Å². The van der Waals surface area contributed by atoms with Crippen LogP contribution in [-0.2, 0) is 9.53 Å². The van der Waals surface area contributed by atoms with Gasteiger partial charge < -0.3 is 15.4 Å². The molecule has 2 N–H and O–H groups in total. The van der Waals surface area contributed by atoms with Gasteiger partial charge in [0.1, 0.15) is 0 Å². The number of rotatable bonds is 6. The summed E-state index contributed by atoms with van der Waals surface area (Å²) in [4.78, 5) is 23.8. The second-order valence-electron chi connectivity index (χ2n) is 5.21. The van der Waals surface area contributed by atoms with E-state index in [4.69, 9.17) is 16.3 Å². The molecule has 0 bridgehead atoms. The van der Waals surface area contributed by atoms with Gasteiger partial charge in [0.25, 0.3) is 0 Å². The number of methoxy groups -OCH3 is 1. The monoisotopic (exact) mass is 346 g/mol. The quantitative estimate of drug-likeness (QED) is 0.786. The van der Waals surface area contributed by atoms with Crippen molar-refractivity contribution in [2.24, 2.45) is 0 Å². The number of nitrogens with one attached hydrogen (secondary N) is 2. The van der Waals surface area contributed by atoms with Crippen LogP contribution in [0.25, 0.3) is 0 Å². The van der Waals surface area contributed by atoms with Crippen molar-refractivity contribution in [3.63, 3.8) is 0 Å². The van der Waals surface area contributed by atoms with E-state index >= 15 is 0 Å². The van der Waals surface area contributed by atoms with Crippen LogP contribution in [0.5, 0.6) is 0 Å². The van der Waals surface area contributed by atoms with E-state index in [2.05, 4.69) is 10.6 Å². The molecule has 0 spiro atoms. The highest BCUT2D eigenvalue weighted by Crippen LogP contribution is 2.22. The summed E-state index contributed by atoms with van der Waals surface area (Å²) >= 11 is 6.14. The standard InChI is InChI=1S/C18H19ClN2O3/c1-12(13-7-3-5-9-15(13)19)20-11-17(22)21-16-10-6-4-8-14(16)18(23)24-2/h3-10,12,20H,11H2,1-2H3,(H,21,22)/t12-/m0/s1. The van der Waals surface area contributed by atoms with Crippen LogP contribution in [0, 0.1) is 0 Å². The Hall–Kier alpha value is -2.37. The Bertz CT molecular complexity index is 734. The number of ether oxygens (including phenoxy) is 1. The average Bonchev–Trinajstić information content (AvgIpc) is 2.60. The summed E-state index contributed by atoms with van der Waals surface area (Å²) in [6.07, 6.45) is 0. The minimum atomic E-state index is -0.497. The third-order valence-corrected chi connectivity index (χ3v) is 3.89. The minimum absolute atomic E-state index is 0.0831. The van der Waals surface area contributed by atoms with Gasteiger partial charge in [0, 0.05) is 11.1 Å². The van der Waals surface area contributed by atoms with Crippen LogP contribution in [0.3, 0.4) is 0 Å². The van der Waals surface area contributed by atoms with Gasteiger partial charge in [-0.25, -0.2) is 4.79 Å². The van der Waals surface area contributed by atoms with Gasteiger partial charge in [0.15, 0.2) is 0 Å². The first kappa shape index (κ1) is 18.0. The van der Waals surface area contributed by atoms with Gasteiger partial charge in [0.2, 0.25) is 5.91 Å². The molecule has 24 heavy (non-hydrogen) atoms. The van der Waals surface area contributed by atoms with E-state index in [1.165, 1.54) is 7.11 Å². The Kier molecular flexibility index (Phi) is 6.35. The molecule has 1 atom stereocenters. The van der Waals surface area contributed by atoms with Crippen LogP contribution in [0.1, 0.15) is 28.9 Å². The molecule has 0 fully saturated rings. The van der Waals surface area contributed by atoms with Gasteiger partial charge in [-0.05, 0) is 30.7 Å². The topological polar surface area (TPSA) is 67.4 Å². The first-order valence-corrected chi connectivity index (χ1v) is 7.85. The molecular formula is C18H19ClN2O3. The summed E-state index contributed by atoms with van der Waals surface area (Å²) in [5.41, 5.74) is 1.65. The number of anilines is 1. The molecule has 0 aliphatic heterocycles. The van der Waals surface area contributed by atoms with Crippen molar-refractivity contribution in [2.45, 2.75) is 13.0 Å². The molecule has 2 rings (SSSR count). The van der Waals surface area contributed by atoms with E-state index in [1.54, 1.807) is 24.3 Å². The summed E-state index contributed by atoms with van der Waals surface area (Å²) in [5.74, 6) is -0.756. The maximum atomic E-state index is 12.1. The number of para-hydroxylation sites is 1. The number of hydrogen-bond donors (Lipinski definition) is 2. The lowest BCUT2D eigenvalue weighted by Crippen LogP contribution is -2.30. The number of esters is 1. The van der Waals surface area contributed by atoms with E-state index in [-0.39, 0.29) is 18.5 Å². The van der Waals surface area contributed by atoms with Crippen LogP contribution >= 0.6 is 11.6 Å². The van der Waals surface area contributed by atoms with E-state index in [0.717, 1.165) is 5.56 Å². The molecule has 0 heterocycles. The van der Waals surface area contributed by atoms with Gasteiger partial charge in [-0.1, -0.05) is 41.9 Å². The zero-order chi connectivity index (χ0) is 17.5. The third kappa shape index (κ3) is 4.57. The number of hydrogen-bond acceptors (Lipinski definition) is 4. The van der Waals surface area contributed by atoms with Gasteiger partial charge in [0.05, 0.1) is 24.9 Å². The first-order valence-electron chi connectivity index (χ1n) is 7.48.